The molecular formula is C27H25N3O3. The van der Waals surface area contributed by atoms with Crippen LogP contribution in [0.15, 0.2) is 84.9 Å². The third kappa shape index (κ3) is 3.39. The largest absolute Gasteiger partial charge is 0.336 e. The number of carbonyl (C=O) groups excluding carboxylic acids is 3. The van der Waals surface area contributed by atoms with Crippen molar-refractivity contribution in [2.75, 3.05) is 6.54 Å². The molecule has 2 aliphatic rings. The standard InChI is InChI=1S/C27H25N3O3/c1-19(24(31)29-17-16-20-10-8-9-11-21(20)18-29)30-25(32)27(28-26(30)33,22-12-4-2-5-13-22)23-14-6-3-7-15-23/h2-15,19H,16-18H2,1H3,(H,28,33)/t19-/m0/s1. The molecule has 33 heavy (non-hydrogen) atoms. The van der Waals surface area contributed by atoms with Crippen LogP contribution in [-0.4, -0.2) is 40.2 Å². The van der Waals surface area contributed by atoms with Crippen LogP contribution in [0.25, 0.3) is 0 Å². The fourth-order valence-corrected chi connectivity index (χ4v) is 4.89. The Morgan fingerprint density at radius 2 is 1.39 bits per heavy atom. The molecule has 1 atom stereocenters. The molecule has 0 spiro atoms. The summed E-state index contributed by atoms with van der Waals surface area (Å²) in [5, 5.41) is 2.92. The average molecular weight is 440 g/mol. The highest BCUT2D eigenvalue weighted by Crippen LogP contribution is 2.37. The second-order valence-corrected chi connectivity index (χ2v) is 8.54. The molecule has 6 nitrogen and oxygen atoms in total. The summed E-state index contributed by atoms with van der Waals surface area (Å²) in [5.74, 6) is -0.673. The Kier molecular flexibility index (Phi) is 5.21. The zero-order valence-electron chi connectivity index (χ0n) is 18.4. The van der Waals surface area contributed by atoms with E-state index in [0.29, 0.717) is 24.2 Å². The van der Waals surface area contributed by atoms with Gasteiger partial charge in [0.15, 0.2) is 5.54 Å². The van der Waals surface area contributed by atoms with Gasteiger partial charge in [-0.3, -0.25) is 9.59 Å². The van der Waals surface area contributed by atoms with Gasteiger partial charge in [0, 0.05) is 13.1 Å². The molecule has 5 rings (SSSR count). The van der Waals surface area contributed by atoms with Gasteiger partial charge in [0.1, 0.15) is 6.04 Å². The van der Waals surface area contributed by atoms with Crippen LogP contribution < -0.4 is 5.32 Å². The summed E-state index contributed by atoms with van der Waals surface area (Å²) in [6.45, 7) is 2.67. The van der Waals surface area contributed by atoms with Crippen LogP contribution in [0.2, 0.25) is 0 Å². The number of carbonyl (C=O) groups is 3. The Morgan fingerprint density at radius 1 is 0.848 bits per heavy atom. The molecular weight excluding hydrogens is 414 g/mol. The lowest BCUT2D eigenvalue weighted by atomic mass is 9.82. The number of hydrogen-bond donors (Lipinski definition) is 1. The molecule has 0 aliphatic carbocycles. The van der Waals surface area contributed by atoms with Crippen molar-refractivity contribution in [2.45, 2.75) is 31.5 Å². The van der Waals surface area contributed by atoms with Crippen LogP contribution >= 0.6 is 0 Å². The summed E-state index contributed by atoms with van der Waals surface area (Å²) in [6, 6.07) is 24.9. The highest BCUT2D eigenvalue weighted by molar-refractivity contribution is 6.12. The van der Waals surface area contributed by atoms with E-state index in [1.54, 1.807) is 11.8 Å². The molecule has 2 aliphatic heterocycles. The van der Waals surface area contributed by atoms with Crippen molar-refractivity contribution in [1.82, 2.24) is 15.1 Å². The molecule has 4 amide bonds. The maximum absolute atomic E-state index is 13.9. The molecule has 0 radical (unpaired) electrons. The zero-order chi connectivity index (χ0) is 23.0. The number of nitrogens with zero attached hydrogens (tertiary/aromatic N) is 2. The number of hydrogen-bond acceptors (Lipinski definition) is 3. The van der Waals surface area contributed by atoms with Gasteiger partial charge in [0.05, 0.1) is 0 Å². The number of imide groups is 1. The van der Waals surface area contributed by atoms with Crippen LogP contribution in [0.5, 0.6) is 0 Å². The van der Waals surface area contributed by atoms with E-state index < -0.39 is 23.5 Å². The summed E-state index contributed by atoms with van der Waals surface area (Å²) in [6.07, 6.45) is 0.757. The highest BCUT2D eigenvalue weighted by atomic mass is 16.2. The molecule has 0 aromatic heterocycles. The summed E-state index contributed by atoms with van der Waals surface area (Å²) in [5.41, 5.74) is 2.27. The van der Waals surface area contributed by atoms with Crippen molar-refractivity contribution in [3.8, 4) is 0 Å². The third-order valence-corrected chi connectivity index (χ3v) is 6.65. The summed E-state index contributed by atoms with van der Waals surface area (Å²) in [4.78, 5) is 43.4. The number of benzene rings is 3. The highest BCUT2D eigenvalue weighted by Gasteiger charge is 2.56. The van der Waals surface area contributed by atoms with Crippen LogP contribution in [0.3, 0.4) is 0 Å². The van der Waals surface area contributed by atoms with Crippen molar-refractivity contribution >= 4 is 17.8 Å². The molecule has 166 valence electrons. The number of rotatable bonds is 4. The fourth-order valence-electron chi connectivity index (χ4n) is 4.89. The molecule has 2 heterocycles. The summed E-state index contributed by atoms with van der Waals surface area (Å²) in [7, 11) is 0. The Morgan fingerprint density at radius 3 is 2.00 bits per heavy atom. The fraction of sp³-hybridized carbons (Fsp3) is 0.222. The lowest BCUT2D eigenvalue weighted by Gasteiger charge is -2.33. The minimum Gasteiger partial charge on any atom is -0.336 e. The van der Waals surface area contributed by atoms with E-state index in [-0.39, 0.29) is 5.91 Å². The molecule has 1 fully saturated rings. The second kappa shape index (κ2) is 8.20. The molecule has 6 heteroatoms. The van der Waals surface area contributed by atoms with Gasteiger partial charge in [-0.25, -0.2) is 9.69 Å². The predicted octanol–water partition coefficient (Wildman–Crippen LogP) is 3.46. The average Bonchev–Trinajstić information content (AvgIpc) is 3.14. The van der Waals surface area contributed by atoms with E-state index in [4.69, 9.17) is 0 Å². The van der Waals surface area contributed by atoms with E-state index in [9.17, 15) is 14.4 Å². The zero-order valence-corrected chi connectivity index (χ0v) is 18.4. The van der Waals surface area contributed by atoms with Crippen LogP contribution in [0.1, 0.15) is 29.2 Å². The Labute approximate surface area is 192 Å². The number of urea groups is 1. The van der Waals surface area contributed by atoms with Crippen molar-refractivity contribution in [3.63, 3.8) is 0 Å². The smallest absolute Gasteiger partial charge is 0.326 e. The van der Waals surface area contributed by atoms with Gasteiger partial charge >= 0.3 is 6.03 Å². The normalized spacial score (nSPS) is 18.0. The van der Waals surface area contributed by atoms with Gasteiger partial charge in [0.25, 0.3) is 5.91 Å². The maximum Gasteiger partial charge on any atom is 0.326 e. The first-order valence-electron chi connectivity index (χ1n) is 11.1. The van der Waals surface area contributed by atoms with E-state index in [2.05, 4.69) is 11.4 Å². The Bertz CT molecular complexity index is 1170. The van der Waals surface area contributed by atoms with E-state index >= 15 is 0 Å². The Balaban J connectivity index is 1.48. The van der Waals surface area contributed by atoms with Gasteiger partial charge in [0.2, 0.25) is 5.91 Å². The molecule has 0 unspecified atom stereocenters. The first-order valence-corrected chi connectivity index (χ1v) is 11.1. The maximum atomic E-state index is 13.9. The molecule has 0 bridgehead atoms. The van der Waals surface area contributed by atoms with Gasteiger partial charge < -0.3 is 10.2 Å². The SMILES string of the molecule is C[C@@H](C(=O)N1CCc2ccccc2C1)N1C(=O)NC(c2ccccc2)(c2ccccc2)C1=O. The van der Waals surface area contributed by atoms with E-state index in [1.807, 2.05) is 78.9 Å². The van der Waals surface area contributed by atoms with Crippen molar-refractivity contribution < 1.29 is 14.4 Å². The number of nitrogens with one attached hydrogen (secondary N) is 1. The second-order valence-electron chi connectivity index (χ2n) is 8.54. The summed E-state index contributed by atoms with van der Waals surface area (Å²) < 4.78 is 0. The molecule has 1 N–H and O–H groups in total. The van der Waals surface area contributed by atoms with Gasteiger partial charge in [-0.1, -0.05) is 84.9 Å². The predicted molar refractivity (Wildman–Crippen MR) is 124 cm³/mol. The third-order valence-electron chi connectivity index (χ3n) is 6.65. The lowest BCUT2D eigenvalue weighted by Crippen LogP contribution is -2.52. The molecule has 0 saturated carbocycles. The quantitative estimate of drug-likeness (QED) is 0.633. The topological polar surface area (TPSA) is 69.7 Å². The first-order chi connectivity index (χ1) is 16.0. The van der Waals surface area contributed by atoms with Crippen molar-refractivity contribution in [3.05, 3.63) is 107 Å². The first kappa shape index (κ1) is 20.9. The van der Waals surface area contributed by atoms with Crippen LogP contribution in [0.4, 0.5) is 4.79 Å². The Hall–Kier alpha value is -3.93. The summed E-state index contributed by atoms with van der Waals surface area (Å²) >= 11 is 0. The van der Waals surface area contributed by atoms with Crippen LogP contribution in [0, 0.1) is 0 Å². The van der Waals surface area contributed by atoms with E-state index in [1.165, 1.54) is 5.56 Å². The monoisotopic (exact) mass is 439 g/mol. The van der Waals surface area contributed by atoms with E-state index in [0.717, 1.165) is 16.9 Å². The lowest BCUT2D eigenvalue weighted by molar-refractivity contribution is -0.143. The molecule has 3 aromatic carbocycles. The molecule has 1 saturated heterocycles. The minimum absolute atomic E-state index is 0.232. The number of fused-ring (bicyclic) bond motifs is 1. The number of amides is 4. The van der Waals surface area contributed by atoms with Gasteiger partial charge in [-0.15, -0.1) is 0 Å². The van der Waals surface area contributed by atoms with Crippen molar-refractivity contribution in [1.29, 1.82) is 0 Å². The van der Waals surface area contributed by atoms with Gasteiger partial charge in [-0.2, -0.15) is 0 Å². The molecule has 3 aromatic rings. The van der Waals surface area contributed by atoms with Crippen molar-refractivity contribution in [2.24, 2.45) is 0 Å². The van der Waals surface area contributed by atoms with Gasteiger partial charge in [-0.05, 0) is 35.6 Å². The minimum atomic E-state index is -1.37. The van der Waals surface area contributed by atoms with Crippen LogP contribution in [-0.2, 0) is 28.1 Å².